The van der Waals surface area contributed by atoms with Crippen LogP contribution in [0.2, 0.25) is 0 Å². The number of rotatable bonds is 7. The molecule has 1 aliphatic heterocycles. The molecular formula is C16H22N4O4. The number of nitriles is 1. The molecule has 0 aliphatic carbocycles. The third-order valence-electron chi connectivity index (χ3n) is 3.84. The van der Waals surface area contributed by atoms with E-state index in [1.54, 1.807) is 0 Å². The number of hydrogen-bond acceptors (Lipinski definition) is 5. The van der Waals surface area contributed by atoms with E-state index in [0.717, 1.165) is 11.0 Å². The zero-order chi connectivity index (χ0) is 17.7. The van der Waals surface area contributed by atoms with Gasteiger partial charge in [0.2, 0.25) is 5.91 Å². The first-order valence-electron chi connectivity index (χ1n) is 8.10. The van der Waals surface area contributed by atoms with E-state index in [9.17, 15) is 19.6 Å². The van der Waals surface area contributed by atoms with Crippen LogP contribution in [0, 0.1) is 11.3 Å². The SMILES string of the molecule is CC(C)OCCCNC(=O)Cn1c(=O)c(C#N)c2n(c1=O)CCC2. The van der Waals surface area contributed by atoms with Gasteiger partial charge in [-0.3, -0.25) is 14.2 Å². The monoisotopic (exact) mass is 334 g/mol. The molecule has 8 heteroatoms. The summed E-state index contributed by atoms with van der Waals surface area (Å²) >= 11 is 0. The third kappa shape index (κ3) is 3.92. The number of carbonyl (C=O) groups excluding carboxylic acids is 1. The Balaban J connectivity index is 2.05. The van der Waals surface area contributed by atoms with Crippen LogP contribution in [0.15, 0.2) is 9.59 Å². The van der Waals surface area contributed by atoms with Gasteiger partial charge in [-0.2, -0.15) is 5.26 Å². The number of hydrogen-bond donors (Lipinski definition) is 1. The number of carbonyl (C=O) groups is 1. The van der Waals surface area contributed by atoms with E-state index in [1.807, 2.05) is 19.9 Å². The van der Waals surface area contributed by atoms with Gasteiger partial charge in [-0.15, -0.1) is 0 Å². The molecule has 0 saturated heterocycles. The molecule has 1 N–H and O–H groups in total. The Morgan fingerprint density at radius 3 is 2.83 bits per heavy atom. The van der Waals surface area contributed by atoms with Crippen LogP contribution in [0.4, 0.5) is 0 Å². The Hall–Kier alpha value is -2.40. The van der Waals surface area contributed by atoms with E-state index < -0.39 is 17.2 Å². The number of aromatic nitrogens is 2. The second-order valence-electron chi connectivity index (χ2n) is 5.99. The van der Waals surface area contributed by atoms with Crippen molar-refractivity contribution in [3.8, 4) is 6.07 Å². The fourth-order valence-corrected chi connectivity index (χ4v) is 2.71. The van der Waals surface area contributed by atoms with Gasteiger partial charge in [-0.05, 0) is 33.1 Å². The molecule has 1 aromatic heterocycles. The minimum atomic E-state index is -0.686. The smallest absolute Gasteiger partial charge is 0.331 e. The first kappa shape index (κ1) is 17.9. The summed E-state index contributed by atoms with van der Waals surface area (Å²) in [5, 5.41) is 11.8. The number of nitrogens with one attached hydrogen (secondary N) is 1. The van der Waals surface area contributed by atoms with Crippen LogP contribution < -0.4 is 16.6 Å². The Morgan fingerprint density at radius 2 is 2.17 bits per heavy atom. The van der Waals surface area contributed by atoms with Gasteiger partial charge in [0.15, 0.2) is 0 Å². The Bertz CT molecular complexity index is 770. The van der Waals surface area contributed by atoms with E-state index in [1.165, 1.54) is 4.57 Å². The second-order valence-corrected chi connectivity index (χ2v) is 5.99. The van der Waals surface area contributed by atoms with Crippen molar-refractivity contribution >= 4 is 5.91 Å². The largest absolute Gasteiger partial charge is 0.379 e. The van der Waals surface area contributed by atoms with Crippen molar-refractivity contribution in [2.24, 2.45) is 0 Å². The van der Waals surface area contributed by atoms with Crippen molar-refractivity contribution in [2.45, 2.75) is 52.3 Å². The van der Waals surface area contributed by atoms with Gasteiger partial charge in [0.1, 0.15) is 18.2 Å². The zero-order valence-electron chi connectivity index (χ0n) is 14.0. The van der Waals surface area contributed by atoms with Crippen LogP contribution in [-0.2, 0) is 29.0 Å². The lowest BCUT2D eigenvalue weighted by atomic mass is 10.2. The van der Waals surface area contributed by atoms with Gasteiger partial charge in [0.05, 0.1) is 6.10 Å². The van der Waals surface area contributed by atoms with E-state index in [2.05, 4.69) is 5.32 Å². The lowest BCUT2D eigenvalue weighted by Gasteiger charge is -2.11. The average molecular weight is 334 g/mol. The minimum Gasteiger partial charge on any atom is -0.379 e. The molecule has 24 heavy (non-hydrogen) atoms. The van der Waals surface area contributed by atoms with Crippen LogP contribution in [0.25, 0.3) is 0 Å². The van der Waals surface area contributed by atoms with Crippen molar-refractivity contribution in [3.63, 3.8) is 0 Å². The molecule has 130 valence electrons. The highest BCUT2D eigenvalue weighted by Crippen LogP contribution is 2.12. The van der Waals surface area contributed by atoms with Gasteiger partial charge < -0.3 is 10.1 Å². The van der Waals surface area contributed by atoms with Gasteiger partial charge in [-0.1, -0.05) is 0 Å². The van der Waals surface area contributed by atoms with Gasteiger partial charge in [0.25, 0.3) is 5.56 Å². The summed E-state index contributed by atoms with van der Waals surface area (Å²) in [6.07, 6.45) is 2.03. The maximum atomic E-state index is 12.4. The summed E-state index contributed by atoms with van der Waals surface area (Å²) < 4.78 is 7.63. The molecule has 2 heterocycles. The maximum Gasteiger partial charge on any atom is 0.331 e. The molecule has 0 spiro atoms. The molecule has 0 aromatic carbocycles. The predicted octanol–water partition coefficient (Wildman–Crippen LogP) is -0.241. The number of amides is 1. The summed E-state index contributed by atoms with van der Waals surface area (Å²) in [5.41, 5.74) is -0.765. The van der Waals surface area contributed by atoms with E-state index in [0.29, 0.717) is 38.2 Å². The molecule has 0 saturated carbocycles. The van der Waals surface area contributed by atoms with Crippen LogP contribution in [0.5, 0.6) is 0 Å². The number of nitrogens with zero attached hydrogens (tertiary/aromatic N) is 3. The Labute approximate surface area is 139 Å². The second kappa shape index (κ2) is 7.93. The van der Waals surface area contributed by atoms with Crippen molar-refractivity contribution in [3.05, 3.63) is 32.1 Å². The van der Waals surface area contributed by atoms with Crippen molar-refractivity contribution in [1.82, 2.24) is 14.5 Å². The van der Waals surface area contributed by atoms with Crippen molar-refractivity contribution < 1.29 is 9.53 Å². The molecule has 0 bridgehead atoms. The Kier molecular flexibility index (Phi) is 5.93. The van der Waals surface area contributed by atoms with Crippen LogP contribution in [0.1, 0.15) is 37.9 Å². The van der Waals surface area contributed by atoms with E-state index in [-0.39, 0.29) is 18.2 Å². The highest BCUT2D eigenvalue weighted by Gasteiger charge is 2.23. The predicted molar refractivity (Wildman–Crippen MR) is 86.7 cm³/mol. The first-order valence-corrected chi connectivity index (χ1v) is 8.10. The summed E-state index contributed by atoms with van der Waals surface area (Å²) in [4.78, 5) is 36.6. The average Bonchev–Trinajstić information content (AvgIpc) is 3.01. The summed E-state index contributed by atoms with van der Waals surface area (Å²) in [5.74, 6) is -0.429. The number of ether oxygens (including phenoxy) is 1. The van der Waals surface area contributed by atoms with Crippen molar-refractivity contribution in [2.75, 3.05) is 13.2 Å². The maximum absolute atomic E-state index is 12.4. The number of fused-ring (bicyclic) bond motifs is 1. The highest BCUT2D eigenvalue weighted by molar-refractivity contribution is 5.75. The molecule has 8 nitrogen and oxygen atoms in total. The molecular weight excluding hydrogens is 312 g/mol. The standard InChI is InChI=1S/C16H22N4O4/c1-11(2)24-8-4-6-18-14(21)10-20-15(22)12(9-17)13-5-3-7-19(13)16(20)23/h11H,3-8,10H2,1-2H3,(H,18,21). The van der Waals surface area contributed by atoms with Gasteiger partial charge >= 0.3 is 5.69 Å². The fraction of sp³-hybridized carbons (Fsp3) is 0.625. The molecule has 2 rings (SSSR count). The molecule has 0 unspecified atom stereocenters. The third-order valence-corrected chi connectivity index (χ3v) is 3.84. The minimum absolute atomic E-state index is 0.0368. The molecule has 1 amide bonds. The zero-order valence-corrected chi connectivity index (χ0v) is 14.0. The molecule has 0 radical (unpaired) electrons. The molecule has 1 aromatic rings. The van der Waals surface area contributed by atoms with E-state index >= 15 is 0 Å². The quantitative estimate of drug-likeness (QED) is 0.693. The van der Waals surface area contributed by atoms with E-state index in [4.69, 9.17) is 4.74 Å². The molecule has 1 aliphatic rings. The van der Waals surface area contributed by atoms with Gasteiger partial charge in [-0.25, -0.2) is 9.36 Å². The summed E-state index contributed by atoms with van der Waals surface area (Å²) in [6.45, 7) is 4.88. The highest BCUT2D eigenvalue weighted by atomic mass is 16.5. The topological polar surface area (TPSA) is 106 Å². The van der Waals surface area contributed by atoms with Gasteiger partial charge in [0, 0.05) is 25.4 Å². The fourth-order valence-electron chi connectivity index (χ4n) is 2.71. The van der Waals surface area contributed by atoms with Crippen LogP contribution in [-0.4, -0.2) is 34.3 Å². The lowest BCUT2D eigenvalue weighted by molar-refractivity contribution is -0.121. The molecule has 0 fully saturated rings. The normalized spacial score (nSPS) is 12.9. The van der Waals surface area contributed by atoms with Crippen LogP contribution in [0.3, 0.4) is 0 Å². The molecule has 0 atom stereocenters. The lowest BCUT2D eigenvalue weighted by Crippen LogP contribution is -2.45. The Morgan fingerprint density at radius 1 is 1.42 bits per heavy atom. The first-order chi connectivity index (χ1) is 11.5. The van der Waals surface area contributed by atoms with Crippen molar-refractivity contribution in [1.29, 1.82) is 5.26 Å². The summed E-state index contributed by atoms with van der Waals surface area (Å²) in [6, 6.07) is 1.87. The van der Waals surface area contributed by atoms with Crippen LogP contribution >= 0.6 is 0 Å². The summed E-state index contributed by atoms with van der Waals surface area (Å²) in [7, 11) is 0.